The summed E-state index contributed by atoms with van der Waals surface area (Å²) in [4.78, 5) is 17.8. The highest BCUT2D eigenvalue weighted by Crippen LogP contribution is 2.29. The summed E-state index contributed by atoms with van der Waals surface area (Å²) in [6.45, 7) is 6.02. The molecule has 9 heteroatoms. The summed E-state index contributed by atoms with van der Waals surface area (Å²) < 4.78 is 7.29. The maximum atomic E-state index is 11.6. The summed E-state index contributed by atoms with van der Waals surface area (Å²) in [5.74, 6) is 2.27. The third kappa shape index (κ3) is 3.62. The molecule has 0 aliphatic carbocycles. The highest BCUT2D eigenvalue weighted by atomic mass is 32.2. The van der Waals surface area contributed by atoms with E-state index in [1.54, 1.807) is 29.8 Å². The van der Waals surface area contributed by atoms with E-state index >= 15 is 0 Å². The van der Waals surface area contributed by atoms with Crippen molar-refractivity contribution in [2.24, 2.45) is 7.05 Å². The highest BCUT2D eigenvalue weighted by Gasteiger charge is 2.16. The van der Waals surface area contributed by atoms with Gasteiger partial charge in [-0.1, -0.05) is 11.8 Å². The number of carbonyl (C=O) groups excluding carboxylic acids is 1. The first-order valence-electron chi connectivity index (χ1n) is 7.80. The van der Waals surface area contributed by atoms with Gasteiger partial charge in [0.25, 0.3) is 0 Å². The minimum Gasteiger partial charge on any atom is -0.469 e. The lowest BCUT2D eigenvalue weighted by molar-refractivity contribution is -0.116. The predicted octanol–water partition coefficient (Wildman–Crippen LogP) is 3.51. The average molecular weight is 377 g/mol. The molecule has 0 bridgehead atoms. The fourth-order valence-corrected chi connectivity index (χ4v) is 4.25. The second-order valence-electron chi connectivity index (χ2n) is 5.43. The van der Waals surface area contributed by atoms with Gasteiger partial charge in [-0.3, -0.25) is 9.69 Å². The molecule has 3 aromatic rings. The van der Waals surface area contributed by atoms with E-state index in [1.807, 2.05) is 36.9 Å². The molecule has 0 radical (unpaired) electrons. The zero-order valence-electron chi connectivity index (χ0n) is 14.5. The van der Waals surface area contributed by atoms with Gasteiger partial charge in [0.2, 0.25) is 5.91 Å². The number of carbonyl (C=O) groups is 1. The number of nitrogens with zero attached hydrogens (tertiary/aromatic N) is 5. The number of hydrogen-bond donors (Lipinski definition) is 0. The van der Waals surface area contributed by atoms with E-state index in [9.17, 15) is 4.79 Å². The van der Waals surface area contributed by atoms with Gasteiger partial charge in [-0.15, -0.1) is 21.5 Å². The van der Waals surface area contributed by atoms with E-state index in [0.717, 1.165) is 33.1 Å². The van der Waals surface area contributed by atoms with E-state index < -0.39 is 0 Å². The predicted molar refractivity (Wildman–Crippen MR) is 98.8 cm³/mol. The number of aryl methyl sites for hydroxylation is 1. The number of thioether (sulfide) groups is 1. The van der Waals surface area contributed by atoms with Crippen LogP contribution in [0.1, 0.15) is 25.3 Å². The maximum absolute atomic E-state index is 11.6. The Bertz CT molecular complexity index is 883. The van der Waals surface area contributed by atoms with Crippen molar-refractivity contribution in [3.63, 3.8) is 0 Å². The fourth-order valence-electron chi connectivity index (χ4n) is 2.41. The molecule has 25 heavy (non-hydrogen) atoms. The van der Waals surface area contributed by atoms with Crippen molar-refractivity contribution in [2.45, 2.75) is 31.7 Å². The Balaban J connectivity index is 1.71. The summed E-state index contributed by atoms with van der Waals surface area (Å²) in [5, 5.41) is 12.0. The Labute approximate surface area is 154 Å². The van der Waals surface area contributed by atoms with E-state index in [4.69, 9.17) is 4.42 Å². The third-order valence-corrected chi connectivity index (χ3v) is 5.72. The Morgan fingerprint density at radius 2 is 2.24 bits per heavy atom. The maximum Gasteiger partial charge on any atom is 0.225 e. The molecule has 7 nitrogen and oxygen atoms in total. The first kappa shape index (κ1) is 17.7. The monoisotopic (exact) mass is 377 g/mol. The zero-order valence-corrected chi connectivity index (χ0v) is 16.1. The van der Waals surface area contributed by atoms with E-state index in [-0.39, 0.29) is 5.91 Å². The van der Waals surface area contributed by atoms with E-state index in [1.165, 1.54) is 11.3 Å². The minimum atomic E-state index is 0.00415. The summed E-state index contributed by atoms with van der Waals surface area (Å²) in [5.41, 5.74) is 1.87. The number of thiazole rings is 1. The molecular weight excluding hydrogens is 358 g/mol. The SMILES string of the molecule is CCN(C(C)=O)c1nc(CSc2nnc(-c3ccoc3C)n2C)cs1. The molecule has 0 spiro atoms. The Morgan fingerprint density at radius 3 is 2.88 bits per heavy atom. The molecular formula is C16H19N5O2S2. The number of furan rings is 1. The summed E-state index contributed by atoms with van der Waals surface area (Å²) in [6.07, 6.45) is 1.65. The Morgan fingerprint density at radius 1 is 1.44 bits per heavy atom. The van der Waals surface area contributed by atoms with E-state index in [0.29, 0.717) is 12.3 Å². The van der Waals surface area contributed by atoms with Gasteiger partial charge >= 0.3 is 0 Å². The third-order valence-electron chi connectivity index (χ3n) is 3.75. The highest BCUT2D eigenvalue weighted by molar-refractivity contribution is 7.98. The van der Waals surface area contributed by atoms with Gasteiger partial charge in [0.1, 0.15) is 5.76 Å². The first-order chi connectivity index (χ1) is 12.0. The van der Waals surface area contributed by atoms with Crippen LogP contribution in [0.5, 0.6) is 0 Å². The average Bonchev–Trinajstić information content (AvgIpc) is 3.27. The van der Waals surface area contributed by atoms with Gasteiger partial charge in [-0.05, 0) is 19.9 Å². The summed E-state index contributed by atoms with van der Waals surface area (Å²) in [7, 11) is 1.94. The van der Waals surface area contributed by atoms with Crippen LogP contribution in [0, 0.1) is 6.92 Å². The molecule has 3 aromatic heterocycles. The van der Waals surface area contributed by atoms with Crippen LogP contribution >= 0.6 is 23.1 Å². The molecule has 0 saturated heterocycles. The summed E-state index contributed by atoms with van der Waals surface area (Å²) >= 11 is 3.05. The molecule has 0 saturated carbocycles. The number of aromatic nitrogens is 4. The first-order valence-corrected chi connectivity index (χ1v) is 9.67. The van der Waals surface area contributed by atoms with Gasteiger partial charge in [0.15, 0.2) is 16.1 Å². The van der Waals surface area contributed by atoms with Gasteiger partial charge in [-0.25, -0.2) is 4.98 Å². The number of rotatable bonds is 6. The van der Waals surface area contributed by atoms with Crippen LogP contribution in [0.3, 0.4) is 0 Å². The molecule has 0 atom stereocenters. The Kier molecular flexibility index (Phi) is 5.24. The molecule has 3 heterocycles. The van der Waals surface area contributed by atoms with Gasteiger partial charge in [0.05, 0.1) is 17.5 Å². The number of amides is 1. The number of hydrogen-bond acceptors (Lipinski definition) is 7. The van der Waals surface area contributed by atoms with Crippen molar-refractivity contribution in [3.05, 3.63) is 29.2 Å². The largest absolute Gasteiger partial charge is 0.469 e. The molecule has 0 aliphatic heterocycles. The van der Waals surface area contributed by atoms with E-state index in [2.05, 4.69) is 15.2 Å². The number of anilines is 1. The second-order valence-corrected chi connectivity index (χ2v) is 7.21. The van der Waals surface area contributed by atoms with Crippen molar-refractivity contribution in [3.8, 4) is 11.4 Å². The van der Waals surface area contributed by atoms with Crippen molar-refractivity contribution in [2.75, 3.05) is 11.4 Å². The van der Waals surface area contributed by atoms with Crippen molar-refractivity contribution >= 4 is 34.1 Å². The smallest absolute Gasteiger partial charge is 0.225 e. The lowest BCUT2D eigenvalue weighted by Crippen LogP contribution is -2.27. The minimum absolute atomic E-state index is 0.00415. The van der Waals surface area contributed by atoms with Crippen LogP contribution in [0.25, 0.3) is 11.4 Å². The molecule has 0 aromatic carbocycles. The molecule has 3 rings (SSSR count). The van der Waals surface area contributed by atoms with Crippen molar-refractivity contribution < 1.29 is 9.21 Å². The van der Waals surface area contributed by atoms with Crippen LogP contribution in [0.15, 0.2) is 27.3 Å². The van der Waals surface area contributed by atoms with Crippen LogP contribution in [0.2, 0.25) is 0 Å². The molecule has 132 valence electrons. The lowest BCUT2D eigenvalue weighted by Gasteiger charge is -2.14. The quantitative estimate of drug-likeness (QED) is 0.612. The van der Waals surface area contributed by atoms with Gasteiger partial charge in [-0.2, -0.15) is 0 Å². The molecule has 0 N–H and O–H groups in total. The fraction of sp³-hybridized carbons (Fsp3) is 0.375. The lowest BCUT2D eigenvalue weighted by atomic mass is 10.2. The normalized spacial score (nSPS) is 11.0. The molecule has 0 aliphatic rings. The van der Waals surface area contributed by atoms with Gasteiger partial charge in [0, 0.05) is 31.6 Å². The molecule has 1 amide bonds. The molecule has 0 fully saturated rings. The Hall–Kier alpha value is -2.13. The van der Waals surface area contributed by atoms with Crippen molar-refractivity contribution in [1.29, 1.82) is 0 Å². The van der Waals surface area contributed by atoms with Crippen LogP contribution < -0.4 is 4.90 Å². The zero-order chi connectivity index (χ0) is 18.0. The topological polar surface area (TPSA) is 77.1 Å². The van der Waals surface area contributed by atoms with Crippen LogP contribution in [-0.4, -0.2) is 32.2 Å². The van der Waals surface area contributed by atoms with Crippen LogP contribution in [0.4, 0.5) is 5.13 Å². The standard InChI is InChI=1S/C16H19N5O2S2/c1-5-21(11(3)22)15-17-12(8-24-15)9-25-16-19-18-14(20(16)4)13-6-7-23-10(13)2/h6-8H,5,9H2,1-4H3. The van der Waals surface area contributed by atoms with Crippen LogP contribution in [-0.2, 0) is 17.6 Å². The van der Waals surface area contributed by atoms with Crippen molar-refractivity contribution in [1.82, 2.24) is 19.7 Å². The van der Waals surface area contributed by atoms with Gasteiger partial charge < -0.3 is 8.98 Å². The molecule has 0 unspecified atom stereocenters. The second kappa shape index (κ2) is 7.40. The summed E-state index contributed by atoms with van der Waals surface area (Å²) in [6, 6.07) is 1.89.